The van der Waals surface area contributed by atoms with Crippen LogP contribution in [-0.2, 0) is 19.1 Å². The molecule has 0 saturated carbocycles. The smallest absolute Gasteiger partial charge is 0.336 e. The maximum Gasteiger partial charge on any atom is 0.336 e. The predicted octanol–water partition coefficient (Wildman–Crippen LogP) is 6.25. The minimum absolute atomic E-state index is 0.292. The Labute approximate surface area is 160 Å². The second kappa shape index (κ2) is 15.7. The molecule has 0 heterocycles. The van der Waals surface area contributed by atoms with Gasteiger partial charge in [0.05, 0.1) is 0 Å². The van der Waals surface area contributed by atoms with Crippen LogP contribution >= 0.6 is 0 Å². The monoisotopic (exact) mass is 366 g/mol. The summed E-state index contributed by atoms with van der Waals surface area (Å²) >= 11 is 0. The summed E-state index contributed by atoms with van der Waals surface area (Å²) in [5.74, 6) is -1.07. The van der Waals surface area contributed by atoms with Crippen molar-refractivity contribution in [1.82, 2.24) is 0 Å². The van der Waals surface area contributed by atoms with E-state index in [0.29, 0.717) is 17.6 Å². The average molecular weight is 367 g/mol. The minimum atomic E-state index is -0.859. The van der Waals surface area contributed by atoms with Crippen LogP contribution in [0.2, 0.25) is 0 Å². The Kier molecular flexibility index (Phi) is 14.7. The van der Waals surface area contributed by atoms with Crippen molar-refractivity contribution in [3.8, 4) is 0 Å². The van der Waals surface area contributed by atoms with Crippen molar-refractivity contribution in [2.45, 2.75) is 104 Å². The van der Waals surface area contributed by atoms with Crippen LogP contribution in [0.25, 0.3) is 0 Å². The highest BCUT2D eigenvalue weighted by atomic mass is 16.7. The molecule has 26 heavy (non-hydrogen) atoms. The molecule has 0 aliphatic rings. The number of rotatable bonds is 16. The third kappa shape index (κ3) is 13.7. The molecule has 0 rings (SSSR count). The number of hydrogen-bond donors (Lipinski definition) is 0. The SMILES string of the molecule is C=C(C)C(=O)OC(CCCCCCCCCCCCC)OC(=O)C(=C)C. The van der Waals surface area contributed by atoms with E-state index in [1.54, 1.807) is 13.8 Å². The van der Waals surface area contributed by atoms with Gasteiger partial charge in [0.15, 0.2) is 0 Å². The van der Waals surface area contributed by atoms with Gasteiger partial charge in [-0.1, -0.05) is 84.3 Å². The van der Waals surface area contributed by atoms with Crippen molar-refractivity contribution in [3.63, 3.8) is 0 Å². The van der Waals surface area contributed by atoms with E-state index in [1.165, 1.54) is 51.4 Å². The summed E-state index contributed by atoms with van der Waals surface area (Å²) in [6, 6.07) is 0. The van der Waals surface area contributed by atoms with Crippen molar-refractivity contribution in [1.29, 1.82) is 0 Å². The molecular weight excluding hydrogens is 328 g/mol. The lowest BCUT2D eigenvalue weighted by atomic mass is 10.1. The van der Waals surface area contributed by atoms with Crippen LogP contribution in [0.3, 0.4) is 0 Å². The normalized spacial score (nSPS) is 10.6. The Morgan fingerprint density at radius 2 is 1.04 bits per heavy atom. The number of unbranched alkanes of at least 4 members (excludes halogenated alkanes) is 10. The lowest BCUT2D eigenvalue weighted by Crippen LogP contribution is -2.25. The van der Waals surface area contributed by atoms with Crippen molar-refractivity contribution in [2.75, 3.05) is 0 Å². The van der Waals surface area contributed by atoms with E-state index in [9.17, 15) is 9.59 Å². The van der Waals surface area contributed by atoms with Crippen LogP contribution in [0.5, 0.6) is 0 Å². The average Bonchev–Trinajstić information content (AvgIpc) is 2.59. The second-order valence-corrected chi connectivity index (χ2v) is 7.13. The van der Waals surface area contributed by atoms with Gasteiger partial charge in [0.1, 0.15) is 0 Å². The van der Waals surface area contributed by atoms with E-state index in [0.717, 1.165) is 19.3 Å². The van der Waals surface area contributed by atoms with Gasteiger partial charge in [-0.25, -0.2) is 9.59 Å². The van der Waals surface area contributed by atoms with Gasteiger partial charge in [0.25, 0.3) is 0 Å². The molecule has 0 spiro atoms. The zero-order valence-corrected chi connectivity index (χ0v) is 17.1. The molecule has 4 heteroatoms. The first-order valence-electron chi connectivity index (χ1n) is 10.1. The second-order valence-electron chi connectivity index (χ2n) is 7.13. The van der Waals surface area contributed by atoms with Crippen molar-refractivity contribution in [2.24, 2.45) is 0 Å². The Bertz CT molecular complexity index is 411. The Morgan fingerprint density at radius 3 is 1.38 bits per heavy atom. The molecule has 0 aromatic rings. The lowest BCUT2D eigenvalue weighted by Gasteiger charge is -2.18. The van der Waals surface area contributed by atoms with Crippen LogP contribution in [-0.4, -0.2) is 18.2 Å². The summed E-state index contributed by atoms with van der Waals surface area (Å²) in [4.78, 5) is 23.3. The van der Waals surface area contributed by atoms with E-state index in [4.69, 9.17) is 9.47 Å². The molecule has 0 saturated heterocycles. The predicted molar refractivity (Wildman–Crippen MR) is 107 cm³/mol. The van der Waals surface area contributed by atoms with Gasteiger partial charge in [-0.2, -0.15) is 0 Å². The third-order valence-corrected chi connectivity index (χ3v) is 4.22. The molecule has 0 atom stereocenters. The number of carbonyl (C=O) groups is 2. The summed E-state index contributed by atoms with van der Waals surface area (Å²) in [5, 5.41) is 0. The van der Waals surface area contributed by atoms with Gasteiger partial charge in [-0.15, -0.1) is 0 Å². The molecule has 0 aliphatic carbocycles. The van der Waals surface area contributed by atoms with E-state index in [1.807, 2.05) is 0 Å². The number of carbonyl (C=O) groups excluding carboxylic acids is 2. The molecule has 0 unspecified atom stereocenters. The van der Waals surface area contributed by atoms with Crippen molar-refractivity contribution in [3.05, 3.63) is 24.3 Å². The van der Waals surface area contributed by atoms with Gasteiger partial charge >= 0.3 is 11.9 Å². The van der Waals surface area contributed by atoms with Gasteiger partial charge in [0, 0.05) is 17.6 Å². The van der Waals surface area contributed by atoms with E-state index < -0.39 is 18.2 Å². The molecule has 0 N–H and O–H groups in total. The number of ether oxygens (including phenoxy) is 2. The Hall–Kier alpha value is -1.58. The lowest BCUT2D eigenvalue weighted by molar-refractivity contribution is -0.183. The summed E-state index contributed by atoms with van der Waals surface area (Å²) in [7, 11) is 0. The molecule has 4 nitrogen and oxygen atoms in total. The fourth-order valence-corrected chi connectivity index (χ4v) is 2.56. The van der Waals surface area contributed by atoms with Gasteiger partial charge in [-0.05, 0) is 20.3 Å². The maximum absolute atomic E-state index is 11.7. The quantitative estimate of drug-likeness (QED) is 0.140. The summed E-state index contributed by atoms with van der Waals surface area (Å²) in [5.41, 5.74) is 0.584. The van der Waals surface area contributed by atoms with E-state index >= 15 is 0 Å². The van der Waals surface area contributed by atoms with E-state index in [2.05, 4.69) is 20.1 Å². The summed E-state index contributed by atoms with van der Waals surface area (Å²) in [6.45, 7) is 12.5. The van der Waals surface area contributed by atoms with Crippen LogP contribution in [0.1, 0.15) is 97.8 Å². The largest absolute Gasteiger partial charge is 0.422 e. The van der Waals surface area contributed by atoms with Crippen LogP contribution < -0.4 is 0 Å². The van der Waals surface area contributed by atoms with Gasteiger partial charge in [0.2, 0.25) is 6.29 Å². The third-order valence-electron chi connectivity index (χ3n) is 4.22. The number of esters is 2. The Morgan fingerprint density at radius 1 is 0.692 bits per heavy atom. The highest BCUT2D eigenvalue weighted by molar-refractivity contribution is 5.88. The molecule has 0 aromatic carbocycles. The van der Waals surface area contributed by atoms with Gasteiger partial charge < -0.3 is 9.47 Å². The van der Waals surface area contributed by atoms with Crippen molar-refractivity contribution < 1.29 is 19.1 Å². The van der Waals surface area contributed by atoms with Crippen LogP contribution in [0, 0.1) is 0 Å². The van der Waals surface area contributed by atoms with Crippen LogP contribution in [0.15, 0.2) is 24.3 Å². The molecule has 150 valence electrons. The molecule has 0 aromatic heterocycles. The summed E-state index contributed by atoms with van der Waals surface area (Å²) in [6.07, 6.45) is 13.3. The van der Waals surface area contributed by atoms with Crippen LogP contribution in [0.4, 0.5) is 0 Å². The molecular formula is C22H38O4. The first kappa shape index (κ1) is 24.4. The highest BCUT2D eigenvalue weighted by Crippen LogP contribution is 2.15. The maximum atomic E-state index is 11.7. The first-order valence-corrected chi connectivity index (χ1v) is 10.1. The number of hydrogen-bond acceptors (Lipinski definition) is 4. The first-order chi connectivity index (χ1) is 12.4. The zero-order valence-electron chi connectivity index (χ0n) is 17.1. The van der Waals surface area contributed by atoms with Crippen molar-refractivity contribution >= 4 is 11.9 Å². The molecule has 0 radical (unpaired) electrons. The van der Waals surface area contributed by atoms with E-state index in [-0.39, 0.29) is 0 Å². The minimum Gasteiger partial charge on any atom is -0.422 e. The Balaban J connectivity index is 3.91. The molecule has 0 fully saturated rings. The topological polar surface area (TPSA) is 52.6 Å². The standard InChI is InChI=1S/C22H38O4/c1-6-7-8-9-10-11-12-13-14-15-16-17-20(25-21(23)18(2)3)26-22(24)19(4)5/h20H,2,4,6-17H2,1,3,5H3. The molecule has 0 bridgehead atoms. The molecule has 0 amide bonds. The summed E-state index contributed by atoms with van der Waals surface area (Å²) < 4.78 is 10.4. The fourth-order valence-electron chi connectivity index (χ4n) is 2.56. The zero-order chi connectivity index (χ0) is 19.8. The fraction of sp³-hybridized carbons (Fsp3) is 0.727. The molecule has 0 aliphatic heterocycles. The highest BCUT2D eigenvalue weighted by Gasteiger charge is 2.19. The van der Waals surface area contributed by atoms with Gasteiger partial charge in [-0.3, -0.25) is 0 Å².